The number of carbonyl (C=O) groups excluding carboxylic acids is 1. The van der Waals surface area contributed by atoms with Crippen LogP contribution in [0.25, 0.3) is 33.3 Å². The highest BCUT2D eigenvalue weighted by atomic mass is 32.2. The number of carbonyl (C=O) groups is 1. The number of halogens is 1. The molecule has 2 aromatic carbocycles. The Morgan fingerprint density at radius 2 is 1.98 bits per heavy atom. The number of fused-ring (bicyclic) bond motifs is 1. The molecule has 1 amide bonds. The predicted molar refractivity (Wildman–Crippen MR) is 157 cm³/mol. The van der Waals surface area contributed by atoms with Crippen LogP contribution in [0, 0.1) is 17.1 Å². The number of aryl methyl sites for hydroxylation is 1. The maximum Gasteiger partial charge on any atom is 0.243 e. The summed E-state index contributed by atoms with van der Waals surface area (Å²) in [6, 6.07) is 14.2. The molecule has 2 aromatic heterocycles. The maximum absolute atomic E-state index is 15.7. The molecule has 1 aliphatic rings. The topological polar surface area (TPSA) is 126 Å². The SMILES string of the molecule is C=CC(=O)NCc1ccc(-c2c(-c3ccc(N=S4(=O)CCCCC4)cc3)c3c(N)ncc(C#N)c3n2C)c(F)c1. The highest BCUT2D eigenvalue weighted by Crippen LogP contribution is 2.44. The average Bonchev–Trinajstić information content (AvgIpc) is 3.26. The second-order valence-corrected chi connectivity index (χ2v) is 12.3. The molecule has 204 valence electrons. The maximum atomic E-state index is 15.7. The molecule has 0 radical (unpaired) electrons. The molecule has 0 unspecified atom stereocenters. The average molecular weight is 557 g/mol. The third-order valence-electron chi connectivity index (χ3n) is 7.15. The van der Waals surface area contributed by atoms with Gasteiger partial charge in [-0.2, -0.15) is 9.62 Å². The highest BCUT2D eigenvalue weighted by molar-refractivity contribution is 7.93. The van der Waals surface area contributed by atoms with E-state index in [1.54, 1.807) is 35.9 Å². The van der Waals surface area contributed by atoms with Gasteiger partial charge in [-0.3, -0.25) is 4.79 Å². The van der Waals surface area contributed by atoms with Crippen molar-refractivity contribution in [2.45, 2.75) is 25.8 Å². The molecule has 5 rings (SSSR count). The van der Waals surface area contributed by atoms with Crippen molar-refractivity contribution in [2.24, 2.45) is 11.4 Å². The number of nitrogens with two attached hydrogens (primary N) is 1. The lowest BCUT2D eigenvalue weighted by atomic mass is 9.97. The lowest BCUT2D eigenvalue weighted by Gasteiger charge is -2.15. The zero-order chi connectivity index (χ0) is 28.4. The predicted octanol–water partition coefficient (Wildman–Crippen LogP) is 5.59. The van der Waals surface area contributed by atoms with Gasteiger partial charge in [0.1, 0.15) is 17.7 Å². The summed E-state index contributed by atoms with van der Waals surface area (Å²) in [6.07, 6.45) is 5.48. The first-order chi connectivity index (χ1) is 19.2. The Morgan fingerprint density at radius 3 is 2.62 bits per heavy atom. The molecule has 0 saturated carbocycles. The molecule has 0 bridgehead atoms. The fourth-order valence-electron chi connectivity index (χ4n) is 5.22. The van der Waals surface area contributed by atoms with Crippen LogP contribution in [-0.2, 0) is 28.1 Å². The summed E-state index contributed by atoms with van der Waals surface area (Å²) in [5.74, 6) is 0.579. The Balaban J connectivity index is 1.68. The minimum absolute atomic E-state index is 0.146. The number of nitrogens with one attached hydrogen (secondary N) is 1. The van der Waals surface area contributed by atoms with Gasteiger partial charge in [0.25, 0.3) is 0 Å². The van der Waals surface area contributed by atoms with Crippen molar-refractivity contribution in [1.29, 1.82) is 5.26 Å². The van der Waals surface area contributed by atoms with E-state index in [4.69, 9.17) is 5.73 Å². The van der Waals surface area contributed by atoms with Crippen LogP contribution in [0.15, 0.2) is 65.7 Å². The van der Waals surface area contributed by atoms with Crippen LogP contribution in [0.2, 0.25) is 0 Å². The van der Waals surface area contributed by atoms with E-state index >= 15 is 4.39 Å². The first kappa shape index (κ1) is 27.1. The minimum atomic E-state index is -2.27. The van der Waals surface area contributed by atoms with E-state index in [2.05, 4.69) is 27.3 Å². The van der Waals surface area contributed by atoms with Crippen molar-refractivity contribution >= 4 is 38.0 Å². The number of amides is 1. The van der Waals surface area contributed by atoms with Crippen molar-refractivity contribution < 1.29 is 13.4 Å². The van der Waals surface area contributed by atoms with Crippen LogP contribution in [0.5, 0.6) is 0 Å². The van der Waals surface area contributed by atoms with Crippen molar-refractivity contribution in [3.05, 3.63) is 78.3 Å². The Hall–Kier alpha value is -4.49. The molecule has 3 heterocycles. The smallest absolute Gasteiger partial charge is 0.243 e. The number of aromatic nitrogens is 2. The Morgan fingerprint density at radius 1 is 1.25 bits per heavy atom. The van der Waals surface area contributed by atoms with Gasteiger partial charge in [-0.05, 0) is 54.3 Å². The van der Waals surface area contributed by atoms with Crippen molar-refractivity contribution in [1.82, 2.24) is 14.9 Å². The second kappa shape index (κ2) is 10.9. The van der Waals surface area contributed by atoms with Gasteiger partial charge in [-0.25, -0.2) is 13.6 Å². The molecule has 4 aromatic rings. The molecular formula is C30H29FN6O2S. The summed E-state index contributed by atoms with van der Waals surface area (Å²) in [5.41, 5.74) is 10.6. The summed E-state index contributed by atoms with van der Waals surface area (Å²) in [5, 5.41) is 13.0. The van der Waals surface area contributed by atoms with Crippen LogP contribution in [0.3, 0.4) is 0 Å². The lowest BCUT2D eigenvalue weighted by molar-refractivity contribution is -0.116. The molecule has 8 nitrogen and oxygen atoms in total. The number of nitrogens with zero attached hydrogens (tertiary/aromatic N) is 4. The number of nitrogen functional groups attached to an aromatic ring is 1. The third-order valence-corrected chi connectivity index (χ3v) is 9.55. The van der Waals surface area contributed by atoms with E-state index in [0.29, 0.717) is 56.0 Å². The number of rotatable bonds is 6. The first-order valence-electron chi connectivity index (χ1n) is 12.9. The summed E-state index contributed by atoms with van der Waals surface area (Å²) < 4.78 is 35.2. The van der Waals surface area contributed by atoms with E-state index in [-0.39, 0.29) is 18.3 Å². The monoisotopic (exact) mass is 556 g/mol. The number of benzene rings is 2. The molecule has 0 atom stereocenters. The van der Waals surface area contributed by atoms with E-state index in [1.165, 1.54) is 12.3 Å². The number of pyridine rings is 1. The summed E-state index contributed by atoms with van der Waals surface area (Å²) in [6.45, 7) is 3.57. The van der Waals surface area contributed by atoms with Crippen molar-refractivity contribution in [3.8, 4) is 28.5 Å². The van der Waals surface area contributed by atoms with Crippen LogP contribution < -0.4 is 11.1 Å². The van der Waals surface area contributed by atoms with Gasteiger partial charge in [0.15, 0.2) is 0 Å². The quantitative estimate of drug-likeness (QED) is 0.300. The number of anilines is 1. The zero-order valence-corrected chi connectivity index (χ0v) is 22.9. The van der Waals surface area contributed by atoms with Crippen LogP contribution in [0.4, 0.5) is 15.9 Å². The van der Waals surface area contributed by atoms with Crippen molar-refractivity contribution in [3.63, 3.8) is 0 Å². The third kappa shape index (κ3) is 5.08. The Labute approximate surface area is 232 Å². The van der Waals surface area contributed by atoms with Gasteiger partial charge >= 0.3 is 0 Å². The standard InChI is InChI=1S/C30H29FN6O2S/c1-3-25(38)34-17-19-7-12-23(24(31)15-19)29-26(27-28(37(29)2)21(16-32)18-35-30(27)33)20-8-10-22(11-9-20)36-40(39)13-5-4-6-14-40/h3,7-12,15,18H,1,4-6,13-14,17H2,2H3,(H2,33,35)(H,34,38). The van der Waals surface area contributed by atoms with Gasteiger partial charge in [0.2, 0.25) is 5.91 Å². The Kier molecular flexibility index (Phi) is 7.41. The molecule has 10 heteroatoms. The van der Waals surface area contributed by atoms with E-state index < -0.39 is 15.5 Å². The van der Waals surface area contributed by atoms with E-state index in [0.717, 1.165) is 30.9 Å². The summed E-state index contributed by atoms with van der Waals surface area (Å²) in [4.78, 5) is 15.8. The van der Waals surface area contributed by atoms with E-state index in [9.17, 15) is 14.3 Å². The van der Waals surface area contributed by atoms with Gasteiger partial charge in [-0.15, -0.1) is 0 Å². The van der Waals surface area contributed by atoms with Crippen molar-refractivity contribution in [2.75, 3.05) is 17.2 Å². The molecular weight excluding hydrogens is 527 g/mol. The molecule has 1 aliphatic heterocycles. The molecule has 0 spiro atoms. The van der Waals surface area contributed by atoms with Crippen LogP contribution in [0.1, 0.15) is 30.4 Å². The normalized spacial score (nSPS) is 14.4. The second-order valence-electron chi connectivity index (χ2n) is 9.79. The van der Waals surface area contributed by atoms with Gasteiger partial charge < -0.3 is 15.6 Å². The summed E-state index contributed by atoms with van der Waals surface area (Å²) >= 11 is 0. The number of hydrogen-bond donors (Lipinski definition) is 2. The Bertz CT molecular complexity index is 1800. The molecule has 40 heavy (non-hydrogen) atoms. The molecule has 1 saturated heterocycles. The largest absolute Gasteiger partial charge is 0.383 e. The molecule has 3 N–H and O–H groups in total. The number of hydrogen-bond acceptors (Lipinski definition) is 6. The van der Waals surface area contributed by atoms with Gasteiger partial charge in [-0.1, -0.05) is 31.2 Å². The summed E-state index contributed by atoms with van der Waals surface area (Å²) in [7, 11) is -0.506. The fourth-order valence-corrected chi connectivity index (χ4v) is 7.42. The zero-order valence-electron chi connectivity index (χ0n) is 22.1. The van der Waals surface area contributed by atoms with Crippen LogP contribution >= 0.6 is 0 Å². The fraction of sp³-hybridized carbons (Fsp3) is 0.233. The minimum Gasteiger partial charge on any atom is -0.383 e. The van der Waals surface area contributed by atoms with Gasteiger partial charge in [0.05, 0.1) is 37.6 Å². The lowest BCUT2D eigenvalue weighted by Crippen LogP contribution is -2.20. The van der Waals surface area contributed by atoms with E-state index in [1.807, 2.05) is 12.1 Å². The first-order valence-corrected chi connectivity index (χ1v) is 14.8. The number of nitriles is 1. The highest BCUT2D eigenvalue weighted by Gasteiger charge is 2.25. The molecule has 1 fully saturated rings. The van der Waals surface area contributed by atoms with Gasteiger partial charge in [0, 0.05) is 42.4 Å². The van der Waals surface area contributed by atoms with Crippen LogP contribution in [-0.4, -0.2) is 31.2 Å². The molecule has 0 aliphatic carbocycles.